The van der Waals surface area contributed by atoms with Crippen molar-refractivity contribution in [3.8, 4) is 0 Å². The Morgan fingerprint density at radius 1 is 1.24 bits per heavy atom. The number of alkyl halides is 2. The summed E-state index contributed by atoms with van der Waals surface area (Å²) < 4.78 is 40.5. The molecule has 0 spiro atoms. The molecule has 0 aliphatic heterocycles. The van der Waals surface area contributed by atoms with Gasteiger partial charge in [0, 0.05) is 18.4 Å². The molecule has 0 saturated heterocycles. The van der Waals surface area contributed by atoms with Gasteiger partial charge in [-0.15, -0.1) is 0 Å². The molecule has 2 aromatic heterocycles. The predicted octanol–water partition coefficient (Wildman–Crippen LogP) is 5.84. The van der Waals surface area contributed by atoms with Crippen molar-refractivity contribution in [1.29, 1.82) is 0 Å². The second kappa shape index (κ2) is 7.16. The Kier molecular flexibility index (Phi) is 4.79. The molecule has 3 aromatic rings. The molecule has 4 rings (SSSR count). The smallest absolute Gasteiger partial charge is 0.266 e. The van der Waals surface area contributed by atoms with Gasteiger partial charge in [-0.3, -0.25) is 0 Å². The fourth-order valence-corrected chi connectivity index (χ4v) is 3.63. The molecule has 0 amide bonds. The summed E-state index contributed by atoms with van der Waals surface area (Å²) in [6.07, 6.45) is -0.225. The lowest BCUT2D eigenvalue weighted by atomic mass is 10.0. The summed E-state index contributed by atoms with van der Waals surface area (Å²) in [5.41, 5.74) is -0.290. The first kappa shape index (κ1) is 19.4. The normalized spacial score (nSPS) is 15.9. The van der Waals surface area contributed by atoms with Crippen molar-refractivity contribution < 1.29 is 13.2 Å². The summed E-state index contributed by atoms with van der Waals surface area (Å²) in [4.78, 5) is 16.3. The summed E-state index contributed by atoms with van der Waals surface area (Å²) in [7, 11) is 0. The third kappa shape index (κ3) is 3.36. The topological polar surface area (TPSA) is 55.1 Å². The van der Waals surface area contributed by atoms with Crippen LogP contribution in [-0.4, -0.2) is 15.0 Å². The van der Waals surface area contributed by atoms with Crippen LogP contribution in [0, 0.1) is 12.4 Å². The van der Waals surface area contributed by atoms with E-state index in [1.54, 1.807) is 13.0 Å². The van der Waals surface area contributed by atoms with Crippen molar-refractivity contribution in [2.24, 2.45) is 0 Å². The molecule has 1 N–H and O–H groups in total. The van der Waals surface area contributed by atoms with Crippen molar-refractivity contribution in [2.45, 2.75) is 37.8 Å². The van der Waals surface area contributed by atoms with Crippen LogP contribution in [0.4, 0.5) is 19.0 Å². The highest BCUT2D eigenvalue weighted by Crippen LogP contribution is 2.52. The predicted molar refractivity (Wildman–Crippen MR) is 103 cm³/mol. The van der Waals surface area contributed by atoms with Gasteiger partial charge in [-0.05, 0) is 13.0 Å². The van der Waals surface area contributed by atoms with E-state index in [1.807, 2.05) is 0 Å². The quantitative estimate of drug-likeness (QED) is 0.418. The molecule has 0 radical (unpaired) electrons. The monoisotopic (exact) mass is 417 g/mol. The molecule has 29 heavy (non-hydrogen) atoms. The summed E-state index contributed by atoms with van der Waals surface area (Å²) >= 11 is 6.27. The summed E-state index contributed by atoms with van der Waals surface area (Å²) in [6.45, 7) is 9.10. The summed E-state index contributed by atoms with van der Waals surface area (Å²) in [5, 5.41) is 3.80. The van der Waals surface area contributed by atoms with Crippen LogP contribution < -0.4 is 5.32 Å². The minimum absolute atomic E-state index is 0.0940. The minimum Gasteiger partial charge on any atom is -0.363 e. The molecular formula is C20H15ClF3N5. The van der Waals surface area contributed by atoms with E-state index in [0.29, 0.717) is 35.3 Å². The number of benzene rings is 1. The van der Waals surface area contributed by atoms with Gasteiger partial charge in [-0.1, -0.05) is 29.8 Å². The van der Waals surface area contributed by atoms with Gasteiger partial charge in [0.2, 0.25) is 0 Å². The highest BCUT2D eigenvalue weighted by molar-refractivity contribution is 6.30. The largest absolute Gasteiger partial charge is 0.363 e. The third-order valence-corrected chi connectivity index (χ3v) is 5.42. The van der Waals surface area contributed by atoms with Crippen LogP contribution in [0.2, 0.25) is 5.15 Å². The fourth-order valence-electron chi connectivity index (χ4n) is 3.32. The molecule has 1 atom stereocenters. The number of anilines is 1. The lowest BCUT2D eigenvalue weighted by molar-refractivity contribution is 0.146. The van der Waals surface area contributed by atoms with Crippen LogP contribution >= 0.6 is 11.6 Å². The number of nitrogens with zero attached hydrogens (tertiary/aromatic N) is 4. The van der Waals surface area contributed by atoms with E-state index in [9.17, 15) is 13.2 Å². The van der Waals surface area contributed by atoms with E-state index in [-0.39, 0.29) is 10.7 Å². The number of halogens is 4. The Bertz CT molecular complexity index is 1140. The molecule has 1 fully saturated rings. The number of hydrogen-bond donors (Lipinski definition) is 1. The van der Waals surface area contributed by atoms with Gasteiger partial charge in [0.25, 0.3) is 12.0 Å². The maximum absolute atomic E-state index is 14.5. The van der Waals surface area contributed by atoms with Crippen LogP contribution in [0.3, 0.4) is 0 Å². The Labute approximate surface area is 169 Å². The van der Waals surface area contributed by atoms with Crippen molar-refractivity contribution in [3.63, 3.8) is 0 Å². The van der Waals surface area contributed by atoms with Gasteiger partial charge in [-0.25, -0.2) is 34.7 Å². The molecule has 2 heterocycles. The van der Waals surface area contributed by atoms with E-state index in [4.69, 9.17) is 18.2 Å². The second-order valence-electron chi connectivity index (χ2n) is 6.98. The van der Waals surface area contributed by atoms with Gasteiger partial charge in [0.05, 0.1) is 22.6 Å². The molecule has 1 aromatic carbocycles. The van der Waals surface area contributed by atoms with Gasteiger partial charge in [-0.2, -0.15) is 0 Å². The standard InChI is InChI=1S/C20H15ClF3N5/c1-10(11-4-3-5-12(15(11)22)17(23)24)28-18-13-8-14(20(25-2)6-7-20)16(21)29-19(13)27-9-26-18/h3-5,8-10,17H,6-7H2,1H3,(H,26,27,28,29)/t10-/m1/s1. The van der Waals surface area contributed by atoms with Crippen LogP contribution in [-0.2, 0) is 5.54 Å². The first-order chi connectivity index (χ1) is 13.9. The van der Waals surface area contributed by atoms with Crippen molar-refractivity contribution >= 4 is 28.5 Å². The zero-order valence-electron chi connectivity index (χ0n) is 15.3. The number of rotatable bonds is 5. The molecule has 1 aliphatic rings. The molecule has 1 saturated carbocycles. The number of pyridine rings is 1. The van der Waals surface area contributed by atoms with E-state index in [0.717, 1.165) is 6.07 Å². The van der Waals surface area contributed by atoms with Crippen LogP contribution in [0.1, 0.15) is 48.9 Å². The highest BCUT2D eigenvalue weighted by atomic mass is 35.5. The van der Waals surface area contributed by atoms with Crippen molar-refractivity contribution in [3.05, 3.63) is 69.7 Å². The Morgan fingerprint density at radius 3 is 2.62 bits per heavy atom. The van der Waals surface area contributed by atoms with E-state index >= 15 is 0 Å². The lowest BCUT2D eigenvalue weighted by Crippen LogP contribution is -2.12. The highest BCUT2D eigenvalue weighted by Gasteiger charge is 2.54. The molecular weight excluding hydrogens is 403 g/mol. The van der Waals surface area contributed by atoms with Gasteiger partial charge in [0.1, 0.15) is 23.1 Å². The molecule has 9 heteroatoms. The van der Waals surface area contributed by atoms with Crippen LogP contribution in [0.25, 0.3) is 15.9 Å². The fraction of sp³-hybridized carbons (Fsp3) is 0.300. The molecule has 0 unspecified atom stereocenters. The molecule has 1 aliphatic carbocycles. The number of hydrogen-bond acceptors (Lipinski definition) is 4. The van der Waals surface area contributed by atoms with E-state index in [1.165, 1.54) is 18.5 Å². The number of fused-ring (bicyclic) bond motifs is 1. The summed E-state index contributed by atoms with van der Waals surface area (Å²) in [6, 6.07) is 4.98. The van der Waals surface area contributed by atoms with Crippen LogP contribution in [0.15, 0.2) is 30.6 Å². The van der Waals surface area contributed by atoms with Gasteiger partial charge >= 0.3 is 0 Å². The zero-order valence-corrected chi connectivity index (χ0v) is 16.0. The Hall–Kier alpha value is -2.92. The molecule has 148 valence electrons. The van der Waals surface area contributed by atoms with Crippen molar-refractivity contribution in [1.82, 2.24) is 15.0 Å². The van der Waals surface area contributed by atoms with Crippen LogP contribution in [0.5, 0.6) is 0 Å². The lowest BCUT2D eigenvalue weighted by Gasteiger charge is -2.18. The minimum atomic E-state index is -2.90. The van der Waals surface area contributed by atoms with E-state index in [2.05, 4.69) is 25.1 Å². The van der Waals surface area contributed by atoms with E-state index < -0.39 is 29.4 Å². The molecule has 5 nitrogen and oxygen atoms in total. The molecule has 0 bridgehead atoms. The zero-order chi connectivity index (χ0) is 20.8. The Morgan fingerprint density at radius 2 is 1.97 bits per heavy atom. The maximum atomic E-state index is 14.5. The van der Waals surface area contributed by atoms with Gasteiger partial charge in [0.15, 0.2) is 5.65 Å². The Balaban J connectivity index is 1.74. The first-order valence-corrected chi connectivity index (χ1v) is 9.27. The summed E-state index contributed by atoms with van der Waals surface area (Å²) in [5.74, 6) is -0.594. The van der Waals surface area contributed by atoms with Gasteiger partial charge < -0.3 is 10.2 Å². The third-order valence-electron chi connectivity index (χ3n) is 5.13. The number of aromatic nitrogens is 3. The second-order valence-corrected chi connectivity index (χ2v) is 7.34. The SMILES string of the molecule is [C-]#[N+]C1(c2cc3c(N[C@H](C)c4cccc(C(F)F)c4F)ncnc3nc2Cl)CC1. The maximum Gasteiger partial charge on any atom is 0.266 e. The average molecular weight is 418 g/mol. The van der Waals surface area contributed by atoms with Crippen molar-refractivity contribution in [2.75, 3.05) is 5.32 Å². The first-order valence-electron chi connectivity index (χ1n) is 8.89. The average Bonchev–Trinajstić information content (AvgIpc) is 3.48. The number of nitrogens with one attached hydrogen (secondary N) is 1.